The first-order chi connectivity index (χ1) is 7.50. The minimum Gasteiger partial charge on any atom is -0.448 e. The Hall–Kier alpha value is -1.50. The third kappa shape index (κ3) is 3.58. The fourth-order valence-corrected chi connectivity index (χ4v) is 1.57. The third-order valence-electron chi connectivity index (χ3n) is 1.73. The summed E-state index contributed by atoms with van der Waals surface area (Å²) in [5, 5.41) is 2.52. The third-order valence-corrected chi connectivity index (χ3v) is 2.12. The summed E-state index contributed by atoms with van der Waals surface area (Å²) in [6.45, 7) is 1.96. The molecule has 1 rings (SSSR count). The van der Waals surface area contributed by atoms with Crippen LogP contribution in [-0.2, 0) is 4.74 Å². The number of carbonyl (C=O) groups excluding carboxylic acids is 2. The number of carbonyl (C=O) groups is 2. The highest BCUT2D eigenvalue weighted by atomic mass is 79.9. The van der Waals surface area contributed by atoms with Gasteiger partial charge in [-0.3, -0.25) is 4.79 Å². The number of nitrogens with one attached hydrogen (secondary N) is 1. The van der Waals surface area contributed by atoms with E-state index < -0.39 is 6.09 Å². The van der Waals surface area contributed by atoms with Crippen molar-refractivity contribution in [2.45, 2.75) is 6.92 Å². The van der Waals surface area contributed by atoms with Crippen LogP contribution in [0.3, 0.4) is 0 Å². The second-order valence-corrected chi connectivity index (χ2v) is 3.77. The van der Waals surface area contributed by atoms with Gasteiger partial charge in [0.2, 0.25) is 0 Å². The smallest absolute Gasteiger partial charge is 0.404 e. The molecular weight excluding hydrogens is 280 g/mol. The van der Waals surface area contributed by atoms with Crippen molar-refractivity contribution < 1.29 is 18.7 Å². The van der Waals surface area contributed by atoms with Gasteiger partial charge < -0.3 is 20.2 Å². The monoisotopic (exact) mass is 290 g/mol. The van der Waals surface area contributed by atoms with Crippen molar-refractivity contribution in [2.24, 2.45) is 5.73 Å². The molecule has 0 aliphatic carbocycles. The molecule has 0 spiro atoms. The van der Waals surface area contributed by atoms with Gasteiger partial charge in [0.1, 0.15) is 6.61 Å². The molecule has 6 nitrogen and oxygen atoms in total. The molecule has 0 aromatic carbocycles. The summed E-state index contributed by atoms with van der Waals surface area (Å²) < 4.78 is 10.1. The Kier molecular flexibility index (Phi) is 4.36. The van der Waals surface area contributed by atoms with Crippen molar-refractivity contribution >= 4 is 27.9 Å². The van der Waals surface area contributed by atoms with Gasteiger partial charge in [-0.25, -0.2) is 4.79 Å². The van der Waals surface area contributed by atoms with E-state index in [9.17, 15) is 9.59 Å². The molecule has 0 bridgehead atoms. The van der Waals surface area contributed by atoms with E-state index in [2.05, 4.69) is 26.0 Å². The lowest BCUT2D eigenvalue weighted by molar-refractivity contribution is 0.0907. The molecule has 1 heterocycles. The van der Waals surface area contributed by atoms with Gasteiger partial charge in [-0.2, -0.15) is 0 Å². The van der Waals surface area contributed by atoms with Gasteiger partial charge in [-0.15, -0.1) is 0 Å². The van der Waals surface area contributed by atoms with E-state index in [1.54, 1.807) is 13.0 Å². The number of hydrogen-bond donors (Lipinski definition) is 2. The first-order valence-corrected chi connectivity index (χ1v) is 5.26. The Balaban J connectivity index is 2.41. The molecule has 2 amide bonds. The van der Waals surface area contributed by atoms with Crippen LogP contribution in [0, 0.1) is 6.92 Å². The van der Waals surface area contributed by atoms with Gasteiger partial charge >= 0.3 is 6.09 Å². The highest BCUT2D eigenvalue weighted by Crippen LogP contribution is 2.19. The van der Waals surface area contributed by atoms with Crippen LogP contribution >= 0.6 is 15.9 Å². The molecule has 0 aliphatic rings. The Bertz CT molecular complexity index is 402. The number of ether oxygens (including phenoxy) is 1. The lowest BCUT2D eigenvalue weighted by Crippen LogP contribution is -2.29. The van der Waals surface area contributed by atoms with Crippen LogP contribution in [0.1, 0.15) is 16.1 Å². The molecule has 0 unspecified atom stereocenters. The highest BCUT2D eigenvalue weighted by molar-refractivity contribution is 9.10. The molecular formula is C9H11BrN2O4. The predicted octanol–water partition coefficient (Wildman–Crippen LogP) is 1.18. The first-order valence-electron chi connectivity index (χ1n) is 4.47. The maximum atomic E-state index is 11.5. The van der Waals surface area contributed by atoms with Crippen LogP contribution in [0.2, 0.25) is 0 Å². The van der Waals surface area contributed by atoms with Gasteiger partial charge in [0.15, 0.2) is 10.4 Å². The average Bonchev–Trinajstić information content (AvgIpc) is 2.52. The zero-order valence-electron chi connectivity index (χ0n) is 8.58. The average molecular weight is 291 g/mol. The molecule has 1 aromatic rings. The number of rotatable bonds is 4. The molecule has 7 heteroatoms. The lowest BCUT2D eigenvalue weighted by atomic mass is 10.3. The molecule has 0 saturated carbocycles. The van der Waals surface area contributed by atoms with Gasteiger partial charge in [-0.05, 0) is 28.9 Å². The van der Waals surface area contributed by atoms with E-state index in [4.69, 9.17) is 10.2 Å². The summed E-state index contributed by atoms with van der Waals surface area (Å²) in [6.07, 6.45) is -0.869. The van der Waals surface area contributed by atoms with Gasteiger partial charge in [-0.1, -0.05) is 0 Å². The summed E-state index contributed by atoms with van der Waals surface area (Å²) in [6, 6.07) is 1.69. The van der Waals surface area contributed by atoms with Crippen molar-refractivity contribution in [3.63, 3.8) is 0 Å². The Morgan fingerprint density at radius 3 is 2.81 bits per heavy atom. The summed E-state index contributed by atoms with van der Waals surface area (Å²) >= 11 is 3.12. The summed E-state index contributed by atoms with van der Waals surface area (Å²) in [5.74, 6) is -0.137. The van der Waals surface area contributed by atoms with E-state index in [0.29, 0.717) is 4.67 Å². The maximum Gasteiger partial charge on any atom is 0.404 e. The van der Waals surface area contributed by atoms with Crippen LogP contribution in [0.15, 0.2) is 15.2 Å². The van der Waals surface area contributed by atoms with Crippen LogP contribution in [0.25, 0.3) is 0 Å². The minimum atomic E-state index is -0.869. The fourth-order valence-electron chi connectivity index (χ4n) is 1.07. The Morgan fingerprint density at radius 2 is 2.31 bits per heavy atom. The second kappa shape index (κ2) is 5.55. The number of amides is 2. The standard InChI is InChI=1S/C9H11BrN2O4/c1-5-4-6(10)16-7(5)8(13)12-2-3-15-9(11)14/h4H,2-3H2,1H3,(H2,11,14)(H,12,13). The molecule has 0 saturated heterocycles. The van der Waals surface area contributed by atoms with E-state index in [1.165, 1.54) is 0 Å². The number of nitrogens with two attached hydrogens (primary N) is 1. The molecule has 0 fully saturated rings. The number of halogens is 1. The number of primary amides is 1. The van der Waals surface area contributed by atoms with Crippen molar-refractivity contribution in [2.75, 3.05) is 13.2 Å². The fraction of sp³-hybridized carbons (Fsp3) is 0.333. The minimum absolute atomic E-state index is 0.0298. The van der Waals surface area contributed by atoms with Crippen LogP contribution in [0.4, 0.5) is 4.79 Å². The van der Waals surface area contributed by atoms with Gasteiger partial charge in [0.05, 0.1) is 6.54 Å². The van der Waals surface area contributed by atoms with E-state index >= 15 is 0 Å². The number of aryl methyl sites for hydroxylation is 1. The zero-order chi connectivity index (χ0) is 12.1. The molecule has 0 radical (unpaired) electrons. The summed E-state index contributed by atoms with van der Waals surface area (Å²) in [4.78, 5) is 21.8. The van der Waals surface area contributed by atoms with Crippen molar-refractivity contribution in [3.05, 3.63) is 22.1 Å². The van der Waals surface area contributed by atoms with E-state index in [1.807, 2.05) is 0 Å². The number of hydrogen-bond acceptors (Lipinski definition) is 4. The SMILES string of the molecule is Cc1cc(Br)oc1C(=O)NCCOC(N)=O. The van der Waals surface area contributed by atoms with Crippen LogP contribution < -0.4 is 11.1 Å². The second-order valence-electron chi connectivity index (χ2n) is 2.99. The van der Waals surface area contributed by atoms with E-state index in [-0.39, 0.29) is 24.8 Å². The largest absolute Gasteiger partial charge is 0.448 e. The zero-order valence-corrected chi connectivity index (χ0v) is 10.2. The number of furan rings is 1. The van der Waals surface area contributed by atoms with Crippen molar-refractivity contribution in [1.82, 2.24) is 5.32 Å². The predicted molar refractivity (Wildman–Crippen MR) is 59.0 cm³/mol. The summed E-state index contributed by atoms with van der Waals surface area (Å²) in [7, 11) is 0. The summed E-state index contributed by atoms with van der Waals surface area (Å²) in [5.41, 5.74) is 5.47. The van der Waals surface area contributed by atoms with Crippen LogP contribution in [-0.4, -0.2) is 25.2 Å². The highest BCUT2D eigenvalue weighted by Gasteiger charge is 2.14. The quantitative estimate of drug-likeness (QED) is 0.814. The molecule has 3 N–H and O–H groups in total. The van der Waals surface area contributed by atoms with Gasteiger partial charge in [0.25, 0.3) is 5.91 Å². The Morgan fingerprint density at radius 1 is 1.62 bits per heavy atom. The lowest BCUT2D eigenvalue weighted by Gasteiger charge is -2.03. The molecule has 88 valence electrons. The topological polar surface area (TPSA) is 94.6 Å². The van der Waals surface area contributed by atoms with Gasteiger partial charge in [0, 0.05) is 5.56 Å². The normalized spacial score (nSPS) is 9.88. The maximum absolute atomic E-state index is 11.5. The van der Waals surface area contributed by atoms with Crippen LogP contribution in [0.5, 0.6) is 0 Å². The Labute approximate surface area is 100 Å². The van der Waals surface area contributed by atoms with E-state index in [0.717, 1.165) is 5.56 Å². The molecule has 0 aliphatic heterocycles. The van der Waals surface area contributed by atoms with Crippen molar-refractivity contribution in [1.29, 1.82) is 0 Å². The first kappa shape index (κ1) is 12.6. The van der Waals surface area contributed by atoms with Crippen molar-refractivity contribution in [3.8, 4) is 0 Å². The molecule has 16 heavy (non-hydrogen) atoms. The molecule has 1 aromatic heterocycles. The molecule has 0 atom stereocenters.